The van der Waals surface area contributed by atoms with Crippen LogP contribution < -0.4 is 5.32 Å². The zero-order valence-electron chi connectivity index (χ0n) is 16.2. The molecule has 0 aromatic rings. The highest BCUT2D eigenvalue weighted by atomic mass is 35.5. The maximum Gasteiger partial charge on any atom is 0.234 e. The van der Waals surface area contributed by atoms with Crippen LogP contribution in [0.4, 0.5) is 0 Å². The number of unbranched alkanes of at least 4 members (excludes halogenated alkanes) is 16. The molecule has 3 heteroatoms. The summed E-state index contributed by atoms with van der Waals surface area (Å²) in [4.78, 5) is 10.9. The van der Waals surface area contributed by atoms with E-state index in [1.54, 1.807) is 0 Å². The molecular formula is C21H42ClNO. The van der Waals surface area contributed by atoms with Gasteiger partial charge >= 0.3 is 0 Å². The first-order valence-corrected chi connectivity index (χ1v) is 11.2. The van der Waals surface area contributed by atoms with Gasteiger partial charge in [-0.3, -0.25) is 4.79 Å². The molecule has 24 heavy (non-hydrogen) atoms. The topological polar surface area (TPSA) is 29.1 Å². The minimum absolute atomic E-state index is 0.0480. The molecular weight excluding hydrogens is 318 g/mol. The van der Waals surface area contributed by atoms with E-state index in [2.05, 4.69) is 12.2 Å². The Kier molecular flexibility index (Phi) is 20.6. The summed E-state index contributed by atoms with van der Waals surface area (Å²) in [5.41, 5.74) is 0. The lowest BCUT2D eigenvalue weighted by atomic mass is 10.0. The Balaban J connectivity index is 2.99. The minimum atomic E-state index is -0.0480. The van der Waals surface area contributed by atoms with Gasteiger partial charge in [0.1, 0.15) is 5.88 Å². The molecule has 0 atom stereocenters. The molecule has 0 aliphatic carbocycles. The number of alkyl halides is 1. The lowest BCUT2D eigenvalue weighted by Crippen LogP contribution is -2.25. The molecule has 0 aliphatic heterocycles. The number of amides is 1. The second kappa shape index (κ2) is 20.8. The molecule has 0 saturated heterocycles. The van der Waals surface area contributed by atoms with Gasteiger partial charge in [-0.2, -0.15) is 0 Å². The lowest BCUT2D eigenvalue weighted by Gasteiger charge is -2.04. The summed E-state index contributed by atoms with van der Waals surface area (Å²) in [7, 11) is 0. The second-order valence-corrected chi connectivity index (χ2v) is 7.41. The molecule has 0 saturated carbocycles. The number of halogens is 1. The third kappa shape index (κ3) is 19.8. The van der Waals surface area contributed by atoms with Crippen LogP contribution in [0.5, 0.6) is 0 Å². The summed E-state index contributed by atoms with van der Waals surface area (Å²) in [5, 5.41) is 2.81. The summed E-state index contributed by atoms with van der Waals surface area (Å²) in [6.45, 7) is 3.06. The minimum Gasteiger partial charge on any atom is -0.355 e. The smallest absolute Gasteiger partial charge is 0.234 e. The summed E-state index contributed by atoms with van der Waals surface area (Å²) in [6.07, 6.45) is 23.5. The van der Waals surface area contributed by atoms with Crippen molar-refractivity contribution in [3.05, 3.63) is 0 Å². The van der Waals surface area contributed by atoms with Gasteiger partial charge in [-0.25, -0.2) is 0 Å². The fourth-order valence-electron chi connectivity index (χ4n) is 3.12. The summed E-state index contributed by atoms with van der Waals surface area (Å²) >= 11 is 5.42. The maximum atomic E-state index is 10.9. The normalized spacial score (nSPS) is 10.9. The van der Waals surface area contributed by atoms with Gasteiger partial charge in [0.05, 0.1) is 0 Å². The zero-order valence-corrected chi connectivity index (χ0v) is 17.0. The molecule has 1 N–H and O–H groups in total. The first-order chi connectivity index (χ1) is 11.8. The van der Waals surface area contributed by atoms with Gasteiger partial charge in [-0.1, -0.05) is 110 Å². The van der Waals surface area contributed by atoms with Gasteiger partial charge in [-0.15, -0.1) is 11.6 Å². The molecule has 0 fully saturated rings. The Bertz CT molecular complexity index is 258. The fourth-order valence-corrected chi connectivity index (χ4v) is 3.22. The Hall–Kier alpha value is -0.240. The van der Waals surface area contributed by atoms with Gasteiger partial charge in [0, 0.05) is 6.54 Å². The molecule has 1 amide bonds. The van der Waals surface area contributed by atoms with Crippen molar-refractivity contribution in [3.8, 4) is 0 Å². The van der Waals surface area contributed by atoms with E-state index in [-0.39, 0.29) is 11.8 Å². The quantitative estimate of drug-likeness (QED) is 0.195. The van der Waals surface area contributed by atoms with Crippen LogP contribution in [0.3, 0.4) is 0 Å². The van der Waals surface area contributed by atoms with Crippen LogP contribution in [0.1, 0.15) is 116 Å². The number of hydrogen-bond acceptors (Lipinski definition) is 1. The highest BCUT2D eigenvalue weighted by Crippen LogP contribution is 2.13. The summed E-state index contributed by atoms with van der Waals surface area (Å²) in [6, 6.07) is 0. The predicted octanol–water partition coefficient (Wildman–Crippen LogP) is 6.99. The van der Waals surface area contributed by atoms with E-state index in [1.807, 2.05) is 0 Å². The SMILES string of the molecule is CCCCCCCCCCCCCCCCCCCNC(=O)CCl. The van der Waals surface area contributed by atoms with Crippen molar-refractivity contribution in [1.82, 2.24) is 5.32 Å². The van der Waals surface area contributed by atoms with Gasteiger partial charge in [0.25, 0.3) is 0 Å². The Morgan fingerprint density at radius 2 is 0.958 bits per heavy atom. The zero-order chi connectivity index (χ0) is 17.7. The molecule has 2 nitrogen and oxygen atoms in total. The number of hydrogen-bond donors (Lipinski definition) is 1. The maximum absolute atomic E-state index is 10.9. The molecule has 144 valence electrons. The molecule has 0 unspecified atom stereocenters. The third-order valence-electron chi connectivity index (χ3n) is 4.72. The molecule has 0 aromatic heterocycles. The highest BCUT2D eigenvalue weighted by Gasteiger charge is 1.97. The van der Waals surface area contributed by atoms with Gasteiger partial charge in [0.15, 0.2) is 0 Å². The number of nitrogens with one attached hydrogen (secondary N) is 1. The molecule has 0 rings (SSSR count). The number of carbonyl (C=O) groups is 1. The van der Waals surface area contributed by atoms with Crippen molar-refractivity contribution < 1.29 is 4.79 Å². The predicted molar refractivity (Wildman–Crippen MR) is 108 cm³/mol. The molecule has 0 radical (unpaired) electrons. The second-order valence-electron chi connectivity index (χ2n) is 7.14. The van der Waals surface area contributed by atoms with Crippen molar-refractivity contribution in [2.45, 2.75) is 116 Å². The third-order valence-corrected chi connectivity index (χ3v) is 4.97. The Morgan fingerprint density at radius 1 is 0.625 bits per heavy atom. The number of carbonyl (C=O) groups excluding carboxylic acids is 1. The van der Waals surface area contributed by atoms with E-state index in [4.69, 9.17) is 11.6 Å². The molecule has 0 bridgehead atoms. The average molecular weight is 360 g/mol. The van der Waals surface area contributed by atoms with Gasteiger partial charge in [0.2, 0.25) is 5.91 Å². The van der Waals surface area contributed by atoms with E-state index >= 15 is 0 Å². The standard InChI is InChI=1S/C21H42ClNO/c1-2-3-4-5-6-7-8-9-10-11-12-13-14-15-16-17-18-19-23-21(24)20-22/h2-20H2,1H3,(H,23,24). The molecule has 0 aromatic carbocycles. The Morgan fingerprint density at radius 3 is 1.29 bits per heavy atom. The largest absolute Gasteiger partial charge is 0.355 e. The molecule has 0 spiro atoms. The van der Waals surface area contributed by atoms with Gasteiger partial charge < -0.3 is 5.32 Å². The lowest BCUT2D eigenvalue weighted by molar-refractivity contribution is -0.118. The van der Waals surface area contributed by atoms with E-state index in [1.165, 1.54) is 103 Å². The van der Waals surface area contributed by atoms with E-state index < -0.39 is 0 Å². The van der Waals surface area contributed by atoms with E-state index in [0.29, 0.717) is 0 Å². The van der Waals surface area contributed by atoms with Crippen molar-refractivity contribution in [2.24, 2.45) is 0 Å². The van der Waals surface area contributed by atoms with Crippen LogP contribution in [0.2, 0.25) is 0 Å². The average Bonchev–Trinajstić information content (AvgIpc) is 2.60. The fraction of sp³-hybridized carbons (Fsp3) is 0.952. The summed E-state index contributed by atoms with van der Waals surface area (Å²) < 4.78 is 0. The van der Waals surface area contributed by atoms with Gasteiger partial charge in [-0.05, 0) is 6.42 Å². The number of rotatable bonds is 19. The van der Waals surface area contributed by atoms with Crippen LogP contribution in [0.25, 0.3) is 0 Å². The highest BCUT2D eigenvalue weighted by molar-refractivity contribution is 6.27. The van der Waals surface area contributed by atoms with Crippen molar-refractivity contribution in [1.29, 1.82) is 0 Å². The summed E-state index contributed by atoms with van der Waals surface area (Å²) in [5.74, 6) is 0.0343. The first kappa shape index (κ1) is 23.8. The van der Waals surface area contributed by atoms with Crippen molar-refractivity contribution >= 4 is 17.5 Å². The first-order valence-electron chi connectivity index (χ1n) is 10.6. The van der Waals surface area contributed by atoms with E-state index in [9.17, 15) is 4.79 Å². The van der Waals surface area contributed by atoms with Crippen LogP contribution in [0.15, 0.2) is 0 Å². The van der Waals surface area contributed by atoms with Crippen LogP contribution >= 0.6 is 11.6 Å². The van der Waals surface area contributed by atoms with Crippen LogP contribution in [0, 0.1) is 0 Å². The van der Waals surface area contributed by atoms with Crippen LogP contribution in [-0.4, -0.2) is 18.3 Å². The van der Waals surface area contributed by atoms with Crippen molar-refractivity contribution in [3.63, 3.8) is 0 Å². The molecule has 0 aliphatic rings. The van der Waals surface area contributed by atoms with E-state index in [0.717, 1.165) is 13.0 Å². The van der Waals surface area contributed by atoms with Crippen LogP contribution in [-0.2, 0) is 4.79 Å². The Labute approximate surface area is 156 Å². The molecule has 0 heterocycles. The monoisotopic (exact) mass is 359 g/mol. The van der Waals surface area contributed by atoms with Crippen molar-refractivity contribution in [2.75, 3.05) is 12.4 Å².